The van der Waals surface area contributed by atoms with Crippen LogP contribution in [0.3, 0.4) is 0 Å². The number of aliphatic hydroxyl groups is 2. The summed E-state index contributed by atoms with van der Waals surface area (Å²) < 4.78 is 57.7. The van der Waals surface area contributed by atoms with Crippen LogP contribution in [0.15, 0.2) is 12.3 Å². The largest absolute Gasteiger partial charge is 0.469 e. The second-order valence-electron chi connectivity index (χ2n) is 18.8. The Morgan fingerprint density at radius 3 is 2.20 bits per heavy atom. The van der Waals surface area contributed by atoms with Crippen molar-refractivity contribution in [2.24, 2.45) is 51.2 Å². The molecule has 0 unspecified atom stereocenters. The predicted octanol–water partition coefficient (Wildman–Crippen LogP) is 1.80. The molecule has 16 heteroatoms. The van der Waals surface area contributed by atoms with E-state index in [4.69, 9.17) is 42.6 Å². The summed E-state index contributed by atoms with van der Waals surface area (Å²) in [4.78, 5) is 69.0. The minimum atomic E-state index is -2.34. The lowest BCUT2D eigenvalue weighted by molar-refractivity contribution is -0.481. The zero-order valence-corrected chi connectivity index (χ0v) is 32.7. The van der Waals surface area contributed by atoms with E-state index in [2.05, 4.69) is 0 Å². The van der Waals surface area contributed by atoms with Crippen molar-refractivity contribution in [2.75, 3.05) is 7.11 Å². The number of carbonyl (C=O) groups is 5. The maximum Gasteiger partial charge on any atom is 0.311 e. The summed E-state index contributed by atoms with van der Waals surface area (Å²) in [5, 5.41) is 26.0. The SMILES string of the molecule is COC(=O)C[C@H]1[C@@]2(C)C[C@]34O[C@]5(C)O[C@]67[C@@H]8[C@H](C(=O)O[C@@H]6[C@@]3(O)[C@H]2O)[C@]2(C=CO[C@H]2OC(=O)C(C)C)[C@H](OC(=O)C(C)C)[C@]8(C)[C@@H](OC(C)=O)C[C@]7(O5)[C@]14C. The van der Waals surface area contributed by atoms with Crippen LogP contribution in [0.2, 0.25) is 0 Å². The number of methoxy groups -OCH3 is 1. The molecule has 3 saturated heterocycles. The van der Waals surface area contributed by atoms with Gasteiger partial charge in [0.1, 0.15) is 34.4 Å². The fourth-order valence-electron chi connectivity index (χ4n) is 14.3. The van der Waals surface area contributed by atoms with Gasteiger partial charge in [0.25, 0.3) is 12.3 Å². The van der Waals surface area contributed by atoms with Crippen LogP contribution in [0.4, 0.5) is 0 Å². The molecule has 5 saturated carbocycles. The lowest BCUT2D eigenvalue weighted by Crippen LogP contribution is -2.95. The second-order valence-corrected chi connectivity index (χ2v) is 18.8. The van der Waals surface area contributed by atoms with Gasteiger partial charge in [-0.25, -0.2) is 0 Å². The first-order valence-corrected chi connectivity index (χ1v) is 19.2. The molecule has 16 nitrogen and oxygen atoms in total. The van der Waals surface area contributed by atoms with E-state index in [1.807, 2.05) is 6.92 Å². The first kappa shape index (κ1) is 37.3. The summed E-state index contributed by atoms with van der Waals surface area (Å²) in [6.07, 6.45) is -4.96. The fourth-order valence-corrected chi connectivity index (χ4v) is 14.3. The highest BCUT2D eigenvalue weighted by molar-refractivity contribution is 5.81. The van der Waals surface area contributed by atoms with Crippen molar-refractivity contribution in [1.82, 2.24) is 0 Å². The molecular weight excluding hydrogens is 724 g/mol. The lowest BCUT2D eigenvalue weighted by Gasteiger charge is -2.77. The number of hydrogen-bond acceptors (Lipinski definition) is 16. The number of ether oxygens (including phenoxy) is 9. The number of esters is 5. The Morgan fingerprint density at radius 1 is 0.945 bits per heavy atom. The smallest absolute Gasteiger partial charge is 0.311 e. The van der Waals surface area contributed by atoms with E-state index < -0.39 is 140 Å². The average Bonchev–Trinajstić information content (AvgIpc) is 3.77. The van der Waals surface area contributed by atoms with Gasteiger partial charge < -0.3 is 52.8 Å². The molecular formula is C39H50O16. The Hall–Kier alpha value is -3.31. The van der Waals surface area contributed by atoms with Crippen LogP contribution in [-0.4, -0.2) is 106 Å². The quantitative estimate of drug-likeness (QED) is 0.279. The number of fused-ring (bicyclic) bond motifs is 4. The standard InChI is InChI=1S/C39H50O16/c1-16(2)24(42)50-28-32(7)20(49-18(5)40)14-36-33(8)19(13-21(41)47-10)31(6)15-37(33)38(46,27(31)45)29-39(36,55-34(9,53-36)54-37)23(32)22(26(44)51-29)35(28)11-12-48-30(35)52-25(43)17(3)4/h11-12,16-17,19-20,22-23,27-30,45-46H,13-15H2,1-10H3/t19-,20-,22+,23+,27-,28+,29+,30-,31+,32+,33-,34+,35+,36-,37+,38-,39+/m0/s1. The molecule has 4 bridgehead atoms. The fraction of sp³-hybridized carbons (Fsp3) is 0.821. The third kappa shape index (κ3) is 3.52. The Kier molecular flexibility index (Phi) is 7.05. The molecule has 0 aromatic carbocycles. The lowest BCUT2D eigenvalue weighted by atomic mass is 9.33. The van der Waals surface area contributed by atoms with Crippen molar-refractivity contribution in [3.63, 3.8) is 0 Å². The predicted molar refractivity (Wildman–Crippen MR) is 179 cm³/mol. The summed E-state index contributed by atoms with van der Waals surface area (Å²) in [6, 6.07) is 0. The minimum absolute atomic E-state index is 0.0238. The summed E-state index contributed by atoms with van der Waals surface area (Å²) >= 11 is 0. The van der Waals surface area contributed by atoms with Crippen LogP contribution in [0.5, 0.6) is 0 Å². The van der Waals surface area contributed by atoms with Gasteiger partial charge in [-0.1, -0.05) is 48.5 Å². The zero-order valence-electron chi connectivity index (χ0n) is 32.7. The molecule has 4 heterocycles. The molecule has 302 valence electrons. The highest BCUT2D eigenvalue weighted by Gasteiger charge is 3.06. The van der Waals surface area contributed by atoms with Gasteiger partial charge in [-0.05, 0) is 18.4 Å². The molecule has 9 rings (SSSR count). The summed E-state index contributed by atoms with van der Waals surface area (Å²) in [7, 11) is 1.26. The third-order valence-corrected chi connectivity index (χ3v) is 15.9. The minimum Gasteiger partial charge on any atom is -0.469 e. The molecule has 0 radical (unpaired) electrons. The van der Waals surface area contributed by atoms with E-state index in [-0.39, 0.29) is 19.3 Å². The second kappa shape index (κ2) is 10.4. The van der Waals surface area contributed by atoms with Crippen molar-refractivity contribution >= 4 is 29.8 Å². The molecule has 8 fully saturated rings. The molecule has 0 amide bonds. The molecule has 9 aliphatic rings. The van der Waals surface area contributed by atoms with Gasteiger partial charge in [0.15, 0.2) is 11.7 Å². The summed E-state index contributed by atoms with van der Waals surface area (Å²) in [5.41, 5.74) is -13.7. The van der Waals surface area contributed by atoms with E-state index >= 15 is 4.79 Å². The molecule has 0 aromatic heterocycles. The molecule has 2 N–H and O–H groups in total. The highest BCUT2D eigenvalue weighted by Crippen LogP contribution is 2.91. The Balaban J connectivity index is 1.38. The van der Waals surface area contributed by atoms with E-state index in [0.717, 1.165) is 0 Å². The van der Waals surface area contributed by atoms with Crippen LogP contribution in [0.25, 0.3) is 0 Å². The molecule has 17 atom stereocenters. The van der Waals surface area contributed by atoms with Crippen LogP contribution < -0.4 is 0 Å². The van der Waals surface area contributed by atoms with E-state index in [0.29, 0.717) is 0 Å². The third-order valence-electron chi connectivity index (χ3n) is 15.9. The number of hydrogen-bond donors (Lipinski definition) is 2. The Bertz CT molecular complexity index is 1860. The first-order chi connectivity index (χ1) is 25.5. The van der Waals surface area contributed by atoms with Gasteiger partial charge in [0, 0.05) is 48.9 Å². The summed E-state index contributed by atoms with van der Waals surface area (Å²) in [6.45, 7) is 14.7. The Morgan fingerprint density at radius 2 is 1.58 bits per heavy atom. The van der Waals surface area contributed by atoms with Gasteiger partial charge in [-0.3, -0.25) is 24.0 Å². The van der Waals surface area contributed by atoms with Crippen molar-refractivity contribution in [1.29, 1.82) is 0 Å². The van der Waals surface area contributed by atoms with Crippen LogP contribution in [0, 0.1) is 51.2 Å². The van der Waals surface area contributed by atoms with Gasteiger partial charge in [-0.15, -0.1) is 0 Å². The highest BCUT2D eigenvalue weighted by atomic mass is 16.9. The average molecular weight is 775 g/mol. The maximum absolute atomic E-state index is 15.2. The number of aliphatic hydroxyl groups excluding tert-OH is 1. The molecule has 5 aliphatic carbocycles. The van der Waals surface area contributed by atoms with Crippen molar-refractivity contribution in [3.05, 3.63) is 12.3 Å². The first-order valence-electron chi connectivity index (χ1n) is 19.2. The molecule has 4 spiro atoms. The van der Waals surface area contributed by atoms with Crippen LogP contribution >= 0.6 is 0 Å². The normalized spacial score (nSPS) is 55.1. The monoisotopic (exact) mass is 774 g/mol. The summed E-state index contributed by atoms with van der Waals surface area (Å²) in [5.74, 6) is -10.1. The number of carbonyl (C=O) groups excluding carboxylic acids is 5. The topological polar surface area (TPSA) is 209 Å². The number of rotatable bonds is 7. The molecule has 55 heavy (non-hydrogen) atoms. The van der Waals surface area contributed by atoms with E-state index in [1.165, 1.54) is 26.4 Å². The molecule has 4 aliphatic heterocycles. The van der Waals surface area contributed by atoms with Crippen molar-refractivity contribution in [3.8, 4) is 0 Å². The Labute approximate surface area is 317 Å². The van der Waals surface area contributed by atoms with E-state index in [1.54, 1.807) is 48.5 Å². The van der Waals surface area contributed by atoms with Gasteiger partial charge in [0.2, 0.25) is 0 Å². The zero-order chi connectivity index (χ0) is 40.1. The van der Waals surface area contributed by atoms with Gasteiger partial charge in [-0.2, -0.15) is 0 Å². The van der Waals surface area contributed by atoms with Crippen LogP contribution in [0.1, 0.15) is 81.6 Å². The molecule has 0 aromatic rings. The van der Waals surface area contributed by atoms with E-state index in [9.17, 15) is 29.4 Å². The van der Waals surface area contributed by atoms with Crippen molar-refractivity contribution in [2.45, 2.75) is 141 Å². The van der Waals surface area contributed by atoms with Gasteiger partial charge >= 0.3 is 29.8 Å². The maximum atomic E-state index is 15.2. The van der Waals surface area contributed by atoms with Crippen LogP contribution in [-0.2, 0) is 66.6 Å². The van der Waals surface area contributed by atoms with Gasteiger partial charge in [0.05, 0.1) is 37.2 Å². The van der Waals surface area contributed by atoms with Crippen molar-refractivity contribution < 1.29 is 76.8 Å².